The number of benzene rings is 1. The average molecular weight is 300 g/mol. The Balaban J connectivity index is 2.09. The van der Waals surface area contributed by atoms with Gasteiger partial charge < -0.3 is 10.4 Å². The fourth-order valence-corrected chi connectivity index (χ4v) is 2.67. The van der Waals surface area contributed by atoms with E-state index in [1.54, 1.807) is 12.1 Å². The quantitative estimate of drug-likeness (QED) is 0.891. The number of carbonyl (C=O) groups is 1. The van der Waals surface area contributed by atoms with Crippen LogP contribution >= 0.6 is 22.9 Å². The molecule has 1 aromatic carbocycles. The zero-order chi connectivity index (χ0) is 14.0. The van der Waals surface area contributed by atoms with Crippen LogP contribution in [0, 0.1) is 12.7 Å². The molecule has 0 aliphatic carbocycles. The van der Waals surface area contributed by atoms with Crippen LogP contribution in [0.25, 0.3) is 0 Å². The number of anilines is 1. The third-order valence-electron chi connectivity index (χ3n) is 2.63. The van der Waals surface area contributed by atoms with Gasteiger partial charge in [-0.05, 0) is 36.8 Å². The number of aromatic carboxylic acids is 1. The van der Waals surface area contributed by atoms with E-state index in [-0.39, 0.29) is 5.02 Å². The minimum Gasteiger partial charge on any atom is -0.477 e. The number of halogens is 2. The predicted molar refractivity (Wildman–Crippen MR) is 74.8 cm³/mol. The number of carboxylic acids is 1. The van der Waals surface area contributed by atoms with E-state index in [9.17, 15) is 9.18 Å². The molecule has 19 heavy (non-hydrogen) atoms. The highest BCUT2D eigenvalue weighted by Gasteiger charge is 2.10. The van der Waals surface area contributed by atoms with Crippen LogP contribution in [0.1, 0.15) is 20.1 Å². The lowest BCUT2D eigenvalue weighted by Crippen LogP contribution is -2.00. The van der Waals surface area contributed by atoms with Gasteiger partial charge in [-0.1, -0.05) is 11.6 Å². The topological polar surface area (TPSA) is 49.3 Å². The van der Waals surface area contributed by atoms with Crippen molar-refractivity contribution in [3.05, 3.63) is 50.4 Å². The van der Waals surface area contributed by atoms with Gasteiger partial charge in [-0.25, -0.2) is 9.18 Å². The summed E-state index contributed by atoms with van der Waals surface area (Å²) in [5.74, 6) is -1.39. The van der Waals surface area contributed by atoms with Crippen molar-refractivity contribution in [2.45, 2.75) is 13.5 Å². The Morgan fingerprint density at radius 1 is 1.47 bits per heavy atom. The Morgan fingerprint density at radius 3 is 2.79 bits per heavy atom. The Labute approximate surface area is 118 Å². The van der Waals surface area contributed by atoms with Gasteiger partial charge in [-0.2, -0.15) is 0 Å². The fourth-order valence-electron chi connectivity index (χ4n) is 1.60. The third kappa shape index (κ3) is 3.24. The Kier molecular flexibility index (Phi) is 4.07. The number of carboxylic acid groups (broad SMARTS) is 1. The second kappa shape index (κ2) is 5.59. The van der Waals surface area contributed by atoms with Crippen LogP contribution in [-0.2, 0) is 6.54 Å². The van der Waals surface area contributed by atoms with Crippen molar-refractivity contribution in [1.82, 2.24) is 0 Å². The van der Waals surface area contributed by atoms with E-state index in [0.717, 1.165) is 10.4 Å². The van der Waals surface area contributed by atoms with E-state index < -0.39 is 11.8 Å². The van der Waals surface area contributed by atoms with E-state index in [4.69, 9.17) is 16.7 Å². The zero-order valence-electron chi connectivity index (χ0n) is 10.0. The molecule has 0 bridgehead atoms. The van der Waals surface area contributed by atoms with E-state index in [1.807, 2.05) is 6.92 Å². The molecule has 0 amide bonds. The monoisotopic (exact) mass is 299 g/mol. The van der Waals surface area contributed by atoms with Gasteiger partial charge in [0.15, 0.2) is 0 Å². The van der Waals surface area contributed by atoms with Crippen molar-refractivity contribution in [3.8, 4) is 0 Å². The molecule has 0 saturated heterocycles. The number of rotatable bonds is 4. The molecular weight excluding hydrogens is 289 g/mol. The van der Waals surface area contributed by atoms with Crippen molar-refractivity contribution >= 4 is 34.6 Å². The second-order valence-electron chi connectivity index (χ2n) is 3.98. The molecule has 3 nitrogen and oxygen atoms in total. The summed E-state index contributed by atoms with van der Waals surface area (Å²) in [4.78, 5) is 12.1. The van der Waals surface area contributed by atoms with E-state index >= 15 is 0 Å². The maximum Gasteiger partial charge on any atom is 0.345 e. The lowest BCUT2D eigenvalue weighted by molar-refractivity contribution is 0.0702. The Hall–Kier alpha value is -1.59. The predicted octanol–water partition coefficient (Wildman–Crippen LogP) is 4.16. The minimum atomic E-state index is -0.927. The average Bonchev–Trinajstić information content (AvgIpc) is 2.73. The van der Waals surface area contributed by atoms with Gasteiger partial charge in [-0.3, -0.25) is 0 Å². The smallest absolute Gasteiger partial charge is 0.345 e. The van der Waals surface area contributed by atoms with Crippen molar-refractivity contribution in [2.75, 3.05) is 5.32 Å². The van der Waals surface area contributed by atoms with Gasteiger partial charge in [0.05, 0.1) is 5.02 Å². The number of hydrogen-bond acceptors (Lipinski definition) is 3. The van der Waals surface area contributed by atoms with Crippen molar-refractivity contribution in [3.63, 3.8) is 0 Å². The molecule has 0 aliphatic rings. The lowest BCUT2D eigenvalue weighted by Gasteiger charge is -2.06. The molecule has 0 spiro atoms. The molecule has 2 N–H and O–H groups in total. The van der Waals surface area contributed by atoms with Gasteiger partial charge in [-0.15, -0.1) is 11.3 Å². The summed E-state index contributed by atoms with van der Waals surface area (Å²) in [7, 11) is 0. The molecule has 0 radical (unpaired) electrons. The Morgan fingerprint density at radius 2 is 2.21 bits per heavy atom. The molecule has 1 heterocycles. The summed E-state index contributed by atoms with van der Waals surface area (Å²) in [5, 5.41) is 12.0. The highest BCUT2D eigenvalue weighted by atomic mass is 35.5. The van der Waals surface area contributed by atoms with E-state index in [2.05, 4.69) is 5.32 Å². The molecule has 2 aromatic rings. The molecule has 0 saturated carbocycles. The van der Waals surface area contributed by atoms with Gasteiger partial charge in [0.2, 0.25) is 0 Å². The molecule has 0 atom stereocenters. The number of nitrogens with one attached hydrogen (secondary N) is 1. The standard InChI is InChI=1S/C13H11ClFNO2S/c1-7-8(4-12(19-7)13(17)18)6-16-9-2-3-11(15)10(14)5-9/h2-5,16H,6H2,1H3,(H,17,18). The maximum absolute atomic E-state index is 13.0. The van der Waals surface area contributed by atoms with Crippen molar-refractivity contribution in [2.24, 2.45) is 0 Å². The lowest BCUT2D eigenvalue weighted by atomic mass is 10.2. The molecule has 0 unspecified atom stereocenters. The van der Waals surface area contributed by atoms with Crippen molar-refractivity contribution < 1.29 is 14.3 Å². The highest BCUT2D eigenvalue weighted by Crippen LogP contribution is 2.24. The molecular formula is C13H11ClFNO2S. The summed E-state index contributed by atoms with van der Waals surface area (Å²) < 4.78 is 13.0. The van der Waals surface area contributed by atoms with Gasteiger partial charge in [0.1, 0.15) is 10.7 Å². The first kappa shape index (κ1) is 13.8. The zero-order valence-corrected chi connectivity index (χ0v) is 11.6. The van der Waals surface area contributed by atoms with Crippen molar-refractivity contribution in [1.29, 1.82) is 0 Å². The maximum atomic E-state index is 13.0. The van der Waals surface area contributed by atoms with Crippen LogP contribution < -0.4 is 5.32 Å². The summed E-state index contributed by atoms with van der Waals surface area (Å²) >= 11 is 6.92. The van der Waals surface area contributed by atoms with Crippen LogP contribution in [0.5, 0.6) is 0 Å². The van der Waals surface area contributed by atoms with E-state index in [0.29, 0.717) is 17.1 Å². The van der Waals surface area contributed by atoms with Crippen LogP contribution in [0.3, 0.4) is 0 Å². The van der Waals surface area contributed by atoms with Crippen LogP contribution in [0.15, 0.2) is 24.3 Å². The molecule has 0 aliphatic heterocycles. The van der Waals surface area contributed by atoms with Gasteiger partial charge >= 0.3 is 5.97 Å². The molecule has 2 rings (SSSR count). The minimum absolute atomic E-state index is 0.0539. The molecule has 0 fully saturated rings. The number of aryl methyl sites for hydroxylation is 1. The fraction of sp³-hybridized carbons (Fsp3) is 0.154. The largest absolute Gasteiger partial charge is 0.477 e. The summed E-state index contributed by atoms with van der Waals surface area (Å²) in [6, 6.07) is 6.01. The third-order valence-corrected chi connectivity index (χ3v) is 4.00. The molecule has 100 valence electrons. The van der Waals surface area contributed by atoms with Crippen LogP contribution in [0.4, 0.5) is 10.1 Å². The summed E-state index contributed by atoms with van der Waals surface area (Å²) in [6.45, 7) is 2.34. The molecule has 6 heteroatoms. The summed E-state index contributed by atoms with van der Waals surface area (Å²) in [6.07, 6.45) is 0. The Bertz CT molecular complexity index is 627. The first-order chi connectivity index (χ1) is 8.97. The molecule has 1 aromatic heterocycles. The number of thiophene rings is 1. The first-order valence-corrected chi connectivity index (χ1v) is 6.68. The normalized spacial score (nSPS) is 10.5. The van der Waals surface area contributed by atoms with Crippen LogP contribution in [0.2, 0.25) is 5.02 Å². The highest BCUT2D eigenvalue weighted by molar-refractivity contribution is 7.14. The SMILES string of the molecule is Cc1sc(C(=O)O)cc1CNc1ccc(F)c(Cl)c1. The number of hydrogen-bond donors (Lipinski definition) is 2. The van der Waals surface area contributed by atoms with Gasteiger partial charge in [0.25, 0.3) is 0 Å². The van der Waals surface area contributed by atoms with E-state index in [1.165, 1.54) is 23.5 Å². The van der Waals surface area contributed by atoms with Gasteiger partial charge in [0, 0.05) is 17.1 Å². The van der Waals surface area contributed by atoms with Crippen LogP contribution in [-0.4, -0.2) is 11.1 Å². The first-order valence-electron chi connectivity index (χ1n) is 5.49. The summed E-state index contributed by atoms with van der Waals surface area (Å²) in [5.41, 5.74) is 1.59. The second-order valence-corrected chi connectivity index (χ2v) is 5.64.